The zero-order valence-electron chi connectivity index (χ0n) is 17.3. The summed E-state index contributed by atoms with van der Waals surface area (Å²) in [6.07, 6.45) is 0. The molecule has 2 aromatic rings. The Bertz CT molecular complexity index is 729. The summed E-state index contributed by atoms with van der Waals surface area (Å²) in [5, 5.41) is 0. The van der Waals surface area contributed by atoms with Gasteiger partial charge in [-0.25, -0.2) is 0 Å². The van der Waals surface area contributed by atoms with Gasteiger partial charge in [0.25, 0.3) is 0 Å². The number of hydrogen-bond donors (Lipinski definition) is 1. The summed E-state index contributed by atoms with van der Waals surface area (Å²) in [5.41, 5.74) is 0. The lowest BCUT2D eigenvalue weighted by Gasteiger charge is -2.02. The van der Waals surface area contributed by atoms with Gasteiger partial charge in [0, 0.05) is 9.79 Å². The maximum absolute atomic E-state index is 7.80. The van der Waals surface area contributed by atoms with Crippen molar-refractivity contribution in [3.05, 3.63) is 60.4 Å². The fraction of sp³-hybridized carbons (Fsp3) is 0. The van der Waals surface area contributed by atoms with Crippen LogP contribution in [0.4, 0.5) is 0 Å². The van der Waals surface area contributed by atoms with Crippen molar-refractivity contribution in [2.45, 2.75) is 9.79 Å². The molecule has 0 spiro atoms. The van der Waals surface area contributed by atoms with Crippen molar-refractivity contribution < 1.29 is 13.7 Å². The van der Waals surface area contributed by atoms with Gasteiger partial charge in [-0.2, -0.15) is 4.13 Å². The van der Waals surface area contributed by atoms with E-state index in [9.17, 15) is 0 Å². The summed E-state index contributed by atoms with van der Waals surface area (Å²) in [7, 11) is 0. The molecule has 0 saturated heterocycles. The molecule has 0 aliphatic heterocycles. The second-order valence-corrected chi connectivity index (χ2v) is 4.09. The van der Waals surface area contributed by atoms with Crippen LogP contribution in [-0.2, 0) is 0 Å². The molecule has 0 aromatic heterocycles. The van der Waals surface area contributed by atoms with E-state index in [4.69, 9.17) is 13.7 Å². The van der Waals surface area contributed by atoms with E-state index in [1.807, 2.05) is 0 Å². The number of rotatable bonds is 4. The minimum Gasteiger partial charge on any atom is -0.199 e. The summed E-state index contributed by atoms with van der Waals surface area (Å²) >= 11 is 1.43. The summed E-state index contributed by atoms with van der Waals surface area (Å²) in [6.45, 7) is 0. The van der Waals surface area contributed by atoms with Gasteiger partial charge in [0.1, 0.15) is 0 Å². The van der Waals surface area contributed by atoms with Crippen LogP contribution in [0.2, 0.25) is 0 Å². The second-order valence-electron chi connectivity index (χ2n) is 2.20. The lowest BCUT2D eigenvalue weighted by Crippen LogP contribution is -1.88. The largest absolute Gasteiger partial charge is 0.199 e. The van der Waals surface area contributed by atoms with Crippen molar-refractivity contribution in [3.8, 4) is 0 Å². The first-order valence-electron chi connectivity index (χ1n) is 8.82. The van der Waals surface area contributed by atoms with Crippen molar-refractivity contribution >= 4 is 23.9 Å². The third-order valence-corrected chi connectivity index (χ3v) is 2.72. The normalized spacial score (nSPS) is 19.5. The third kappa shape index (κ3) is 3.63. The molecule has 2 rings (SSSR count). The van der Waals surface area contributed by atoms with Gasteiger partial charge in [-0.15, -0.1) is 0 Å². The quantitative estimate of drug-likeness (QED) is 0.816. The molecule has 1 N–H and O–H groups in total. The zero-order valence-corrected chi connectivity index (χ0v) is 8.95. The zero-order chi connectivity index (χ0) is 19.0. The van der Waals surface area contributed by atoms with E-state index in [1.165, 1.54) is 0 Å². The Hall–Kier alpha value is -0.900. The molecule has 0 radical (unpaired) electrons. The molecule has 0 aliphatic carbocycles. The molecule has 1 nitrogen and oxygen atoms in total. The Labute approximate surface area is 113 Å². The van der Waals surface area contributed by atoms with Crippen LogP contribution in [0.3, 0.4) is 0 Å². The molecular weight excluding hydrogens is 222 g/mol. The van der Waals surface area contributed by atoms with E-state index >= 15 is 0 Å². The lowest BCUT2D eigenvalue weighted by atomic mass is 10.4. The smallest absolute Gasteiger partial charge is 0.0635 e. The van der Waals surface area contributed by atoms with Crippen molar-refractivity contribution in [2.75, 3.05) is 0 Å². The molecular formula is C12H11NS2. The Balaban J connectivity index is 2.29. The van der Waals surface area contributed by atoms with Crippen LogP contribution in [-0.4, -0.2) is 0 Å². The molecule has 0 aliphatic rings. The molecule has 76 valence electrons. The first kappa shape index (κ1) is 3.84. The molecule has 0 unspecified atom stereocenters. The highest BCUT2D eigenvalue weighted by molar-refractivity contribution is 8.12. The van der Waals surface area contributed by atoms with Gasteiger partial charge in [-0.05, 0) is 48.1 Å². The highest BCUT2D eigenvalue weighted by Gasteiger charge is 1.93. The molecule has 3 heteroatoms. The van der Waals surface area contributed by atoms with Crippen molar-refractivity contribution in [2.24, 2.45) is 0 Å². The van der Waals surface area contributed by atoms with E-state index in [1.54, 1.807) is 0 Å². The maximum Gasteiger partial charge on any atom is 0.0635 e. The number of hydrogen-bond acceptors (Lipinski definition) is 3. The van der Waals surface area contributed by atoms with Gasteiger partial charge in [-0.3, -0.25) is 0 Å². The fourth-order valence-electron chi connectivity index (χ4n) is 0.683. The molecule has 0 bridgehead atoms. The average molecular weight is 243 g/mol. The van der Waals surface area contributed by atoms with Crippen LogP contribution < -0.4 is 4.13 Å². The number of benzene rings is 2. The highest BCUT2D eigenvalue weighted by Crippen LogP contribution is 2.21. The molecule has 15 heavy (non-hydrogen) atoms. The standard InChI is InChI=1S/C12H11NS2/c1-3-7-11(8-4-1)14-13-15-12-9-5-2-6-10-12/h1-10,13H/i1D,2D,3D,4D,5D,6D,7D,8D,9D,10D. The number of nitrogens with one attached hydrogen (secondary N) is 1. The molecule has 0 saturated carbocycles. The van der Waals surface area contributed by atoms with Crippen LogP contribution in [0, 0.1) is 0 Å². The third-order valence-electron chi connectivity index (χ3n) is 1.24. The Morgan fingerprint density at radius 1 is 0.733 bits per heavy atom. The van der Waals surface area contributed by atoms with Gasteiger partial charge >= 0.3 is 0 Å². The average Bonchev–Trinajstić information content (AvgIpc) is 2.60. The molecule has 0 heterocycles. The Morgan fingerprint density at radius 2 is 1.13 bits per heavy atom. The topological polar surface area (TPSA) is 12.0 Å². The first-order chi connectivity index (χ1) is 11.6. The van der Waals surface area contributed by atoms with Gasteiger partial charge < -0.3 is 0 Å². The fourth-order valence-corrected chi connectivity index (χ4v) is 1.92. The SMILES string of the molecule is [2H]c1c([2H])c([2H])c(SNSc2c([2H])c([2H])c([2H])c([2H])c2[2H])c([2H])c1[2H]. The minimum atomic E-state index is -0.502. The van der Waals surface area contributed by atoms with Crippen LogP contribution in [0.25, 0.3) is 0 Å². The van der Waals surface area contributed by atoms with Gasteiger partial charge in [0.15, 0.2) is 0 Å². The highest BCUT2D eigenvalue weighted by atomic mass is 32.2. The molecule has 0 fully saturated rings. The van der Waals surface area contributed by atoms with Gasteiger partial charge in [0.2, 0.25) is 0 Å². The monoisotopic (exact) mass is 243 g/mol. The molecule has 0 atom stereocenters. The van der Waals surface area contributed by atoms with Crippen LogP contribution in [0.15, 0.2) is 70.2 Å². The van der Waals surface area contributed by atoms with E-state index in [0.717, 1.165) is 23.9 Å². The van der Waals surface area contributed by atoms with Gasteiger partial charge in [-0.1, -0.05) is 36.3 Å². The van der Waals surface area contributed by atoms with Gasteiger partial charge in [0.05, 0.1) is 13.7 Å². The predicted molar refractivity (Wildman–Crippen MR) is 67.7 cm³/mol. The summed E-state index contributed by atoms with van der Waals surface area (Å²) in [6, 6.07) is -4.44. The lowest BCUT2D eigenvalue weighted by molar-refractivity contribution is 1.43. The van der Waals surface area contributed by atoms with Crippen molar-refractivity contribution in [3.63, 3.8) is 0 Å². The summed E-state index contributed by atoms with van der Waals surface area (Å²) in [5.74, 6) is 0. The second kappa shape index (κ2) is 5.85. The Morgan fingerprint density at radius 3 is 1.53 bits per heavy atom. The molecule has 0 amide bonds. The van der Waals surface area contributed by atoms with Crippen LogP contribution >= 0.6 is 23.9 Å². The van der Waals surface area contributed by atoms with E-state index in [2.05, 4.69) is 4.13 Å². The summed E-state index contributed by atoms with van der Waals surface area (Å²) < 4.78 is 79.3. The predicted octanol–water partition coefficient (Wildman–Crippen LogP) is 3.99. The van der Waals surface area contributed by atoms with Crippen LogP contribution in [0.5, 0.6) is 0 Å². The Kier molecular flexibility index (Phi) is 1.50. The van der Waals surface area contributed by atoms with Crippen LogP contribution in [0.1, 0.15) is 13.7 Å². The van der Waals surface area contributed by atoms with E-state index in [0.29, 0.717) is 0 Å². The molecule has 2 aromatic carbocycles. The minimum absolute atomic E-state index is 0.0501. The maximum atomic E-state index is 7.80. The van der Waals surface area contributed by atoms with E-state index < -0.39 is 36.3 Å². The van der Waals surface area contributed by atoms with E-state index in [-0.39, 0.29) is 34.0 Å². The first-order valence-corrected chi connectivity index (χ1v) is 5.45. The summed E-state index contributed by atoms with van der Waals surface area (Å²) in [4.78, 5) is -0.100. The van der Waals surface area contributed by atoms with Crippen molar-refractivity contribution in [1.82, 2.24) is 4.13 Å². The van der Waals surface area contributed by atoms with Crippen molar-refractivity contribution in [1.29, 1.82) is 0 Å².